The van der Waals surface area contributed by atoms with E-state index in [0.717, 1.165) is 19.4 Å². The first-order valence-corrected chi connectivity index (χ1v) is 5.57. The van der Waals surface area contributed by atoms with Crippen molar-refractivity contribution >= 4 is 48.1 Å². The molecule has 1 fully saturated rings. The van der Waals surface area contributed by atoms with E-state index in [0.29, 0.717) is 23.9 Å². The Hall–Kier alpha value is -1.40. The molecule has 0 bridgehead atoms. The number of nitrogen functional groups attached to an aromatic ring is 2. The molecule has 1 aliphatic rings. The van der Waals surface area contributed by atoms with Crippen molar-refractivity contribution in [3.05, 3.63) is 12.1 Å². The average Bonchev–Trinajstić information content (AvgIpc) is 2.33. The van der Waals surface area contributed by atoms with Gasteiger partial charge in [-0.05, 0) is 25.0 Å². The smallest absolute Gasteiger partial charge is 0.308 e. The summed E-state index contributed by atoms with van der Waals surface area (Å²) in [5.41, 5.74) is 11.7. The van der Waals surface area contributed by atoms with E-state index in [-0.39, 0.29) is 30.7 Å². The predicted octanol–water partition coefficient (Wildman–Crippen LogP) is 1.39. The molecule has 0 saturated carbocycles. The number of nitrogens with two attached hydrogens (primary N) is 2. The van der Waals surface area contributed by atoms with Gasteiger partial charge < -0.3 is 21.5 Å². The third-order valence-electron chi connectivity index (χ3n) is 3.04. The van der Waals surface area contributed by atoms with Crippen molar-refractivity contribution in [2.75, 3.05) is 29.5 Å². The standard InChI is InChI=1S/C11H16N4O2.2ClH/c12-8-3-4-9(14-10(8)13)15-5-1-2-7(6-15)11(16)17;;/h3-4,7H,1-2,5-6,12H2,(H2,13,14)(H,16,17);2*1H. The van der Waals surface area contributed by atoms with E-state index in [2.05, 4.69) is 4.98 Å². The fraction of sp³-hybridized carbons (Fsp3) is 0.455. The van der Waals surface area contributed by atoms with Gasteiger partial charge in [0.1, 0.15) is 11.6 Å². The van der Waals surface area contributed by atoms with E-state index in [1.807, 2.05) is 4.90 Å². The zero-order valence-corrected chi connectivity index (χ0v) is 11.9. The van der Waals surface area contributed by atoms with Crippen LogP contribution in [0.15, 0.2) is 12.1 Å². The molecule has 0 spiro atoms. The highest BCUT2D eigenvalue weighted by atomic mass is 35.5. The van der Waals surface area contributed by atoms with Gasteiger partial charge in [-0.2, -0.15) is 0 Å². The van der Waals surface area contributed by atoms with Crippen LogP contribution in [-0.4, -0.2) is 29.1 Å². The van der Waals surface area contributed by atoms with Crippen LogP contribution >= 0.6 is 24.8 Å². The van der Waals surface area contributed by atoms with Crippen molar-refractivity contribution in [2.45, 2.75) is 12.8 Å². The first-order chi connectivity index (χ1) is 8.08. The first kappa shape index (κ1) is 17.6. The number of carbonyl (C=O) groups is 1. The lowest BCUT2D eigenvalue weighted by atomic mass is 9.98. The third kappa shape index (κ3) is 4.04. The molecule has 1 aliphatic heterocycles. The summed E-state index contributed by atoms with van der Waals surface area (Å²) in [6.07, 6.45) is 1.57. The molecule has 19 heavy (non-hydrogen) atoms. The van der Waals surface area contributed by atoms with Crippen molar-refractivity contribution in [2.24, 2.45) is 5.92 Å². The molecule has 1 saturated heterocycles. The van der Waals surface area contributed by atoms with Crippen LogP contribution in [0.1, 0.15) is 12.8 Å². The van der Waals surface area contributed by atoms with E-state index >= 15 is 0 Å². The van der Waals surface area contributed by atoms with Gasteiger partial charge in [-0.3, -0.25) is 4.79 Å². The molecule has 2 heterocycles. The molecule has 0 amide bonds. The van der Waals surface area contributed by atoms with Gasteiger partial charge in [-0.15, -0.1) is 24.8 Å². The fourth-order valence-electron chi connectivity index (χ4n) is 2.04. The van der Waals surface area contributed by atoms with Crippen LogP contribution in [0.2, 0.25) is 0 Å². The van der Waals surface area contributed by atoms with E-state index in [4.69, 9.17) is 16.6 Å². The Bertz CT molecular complexity index is 445. The topological polar surface area (TPSA) is 105 Å². The van der Waals surface area contributed by atoms with Gasteiger partial charge >= 0.3 is 5.97 Å². The largest absolute Gasteiger partial charge is 0.481 e. The maximum absolute atomic E-state index is 11.0. The van der Waals surface area contributed by atoms with E-state index in [1.54, 1.807) is 12.1 Å². The lowest BCUT2D eigenvalue weighted by Crippen LogP contribution is -2.39. The summed E-state index contributed by atoms with van der Waals surface area (Å²) >= 11 is 0. The molecule has 1 unspecified atom stereocenters. The van der Waals surface area contributed by atoms with Crippen LogP contribution < -0.4 is 16.4 Å². The molecule has 0 radical (unpaired) electrons. The van der Waals surface area contributed by atoms with Crippen LogP contribution in [0.4, 0.5) is 17.3 Å². The highest BCUT2D eigenvalue weighted by molar-refractivity contribution is 5.85. The Morgan fingerprint density at radius 3 is 2.63 bits per heavy atom. The zero-order chi connectivity index (χ0) is 12.4. The van der Waals surface area contributed by atoms with Gasteiger partial charge in [0.25, 0.3) is 0 Å². The van der Waals surface area contributed by atoms with Gasteiger partial charge in [-0.25, -0.2) is 4.98 Å². The number of hydrogen-bond acceptors (Lipinski definition) is 5. The van der Waals surface area contributed by atoms with Crippen LogP contribution in [0.3, 0.4) is 0 Å². The summed E-state index contributed by atoms with van der Waals surface area (Å²) < 4.78 is 0. The van der Waals surface area contributed by atoms with Gasteiger partial charge in [0, 0.05) is 13.1 Å². The lowest BCUT2D eigenvalue weighted by Gasteiger charge is -2.31. The number of halogens is 2. The quantitative estimate of drug-likeness (QED) is 0.762. The first-order valence-electron chi connectivity index (χ1n) is 5.57. The minimum absolute atomic E-state index is 0. The monoisotopic (exact) mass is 308 g/mol. The number of aliphatic carboxylic acids is 1. The van der Waals surface area contributed by atoms with Gasteiger partial charge in [0.2, 0.25) is 0 Å². The normalized spacial score (nSPS) is 18.1. The van der Waals surface area contributed by atoms with Crippen LogP contribution in [-0.2, 0) is 4.79 Å². The second kappa shape index (κ2) is 7.25. The number of pyridine rings is 1. The van der Waals surface area contributed by atoms with Gasteiger partial charge in [-0.1, -0.05) is 0 Å². The SMILES string of the molecule is Cl.Cl.Nc1ccc(N2CCCC(C(=O)O)C2)nc1N. The minimum atomic E-state index is -0.752. The summed E-state index contributed by atoms with van der Waals surface area (Å²) in [5.74, 6) is -0.0926. The second-order valence-corrected chi connectivity index (χ2v) is 4.27. The molecular formula is C11H18Cl2N4O2. The number of carboxylic acid groups (broad SMARTS) is 1. The number of anilines is 3. The van der Waals surface area contributed by atoms with Gasteiger partial charge in [0.15, 0.2) is 0 Å². The van der Waals surface area contributed by atoms with Crippen LogP contribution in [0, 0.1) is 5.92 Å². The summed E-state index contributed by atoms with van der Waals surface area (Å²) in [6, 6.07) is 3.47. The lowest BCUT2D eigenvalue weighted by molar-refractivity contribution is -0.141. The maximum atomic E-state index is 11.0. The number of hydrogen-bond donors (Lipinski definition) is 3. The Morgan fingerprint density at radius 2 is 2.05 bits per heavy atom. The maximum Gasteiger partial charge on any atom is 0.308 e. The van der Waals surface area contributed by atoms with E-state index in [1.165, 1.54) is 0 Å². The second-order valence-electron chi connectivity index (χ2n) is 4.27. The highest BCUT2D eigenvalue weighted by Gasteiger charge is 2.26. The molecule has 1 aromatic rings. The molecule has 1 atom stereocenters. The van der Waals surface area contributed by atoms with Gasteiger partial charge in [0.05, 0.1) is 11.6 Å². The summed E-state index contributed by atoms with van der Waals surface area (Å²) in [4.78, 5) is 17.1. The van der Waals surface area contributed by atoms with Crippen molar-refractivity contribution in [1.82, 2.24) is 4.98 Å². The molecule has 1 aromatic heterocycles. The number of carboxylic acids is 1. The third-order valence-corrected chi connectivity index (χ3v) is 3.04. The summed E-state index contributed by atoms with van der Waals surface area (Å²) in [5, 5.41) is 9.01. The van der Waals surface area contributed by atoms with Crippen LogP contribution in [0.5, 0.6) is 0 Å². The van der Waals surface area contributed by atoms with Crippen molar-refractivity contribution in [1.29, 1.82) is 0 Å². The Balaban J connectivity index is 0.00000162. The molecule has 5 N–H and O–H groups in total. The van der Waals surface area contributed by atoms with E-state index < -0.39 is 5.97 Å². The molecule has 0 aliphatic carbocycles. The predicted molar refractivity (Wildman–Crippen MR) is 80.1 cm³/mol. The highest BCUT2D eigenvalue weighted by Crippen LogP contribution is 2.24. The zero-order valence-electron chi connectivity index (χ0n) is 10.3. The molecule has 6 nitrogen and oxygen atoms in total. The Labute approximate surface area is 124 Å². The molecule has 2 rings (SSSR count). The Kier molecular flexibility index (Phi) is 6.72. The average molecular weight is 309 g/mol. The minimum Gasteiger partial charge on any atom is -0.481 e. The van der Waals surface area contributed by atoms with Crippen LogP contribution in [0.25, 0.3) is 0 Å². The Morgan fingerprint density at radius 1 is 1.37 bits per heavy atom. The summed E-state index contributed by atoms with van der Waals surface area (Å²) in [7, 11) is 0. The number of rotatable bonds is 2. The number of piperidine rings is 1. The van der Waals surface area contributed by atoms with Crippen molar-refractivity contribution in [3.63, 3.8) is 0 Å². The molecule has 8 heteroatoms. The molecule has 108 valence electrons. The fourth-order valence-corrected chi connectivity index (χ4v) is 2.04. The molecular weight excluding hydrogens is 291 g/mol. The number of nitrogens with zero attached hydrogens (tertiary/aromatic N) is 2. The van der Waals surface area contributed by atoms with E-state index in [9.17, 15) is 4.79 Å². The summed E-state index contributed by atoms with van der Waals surface area (Å²) in [6.45, 7) is 1.28. The van der Waals surface area contributed by atoms with Crippen molar-refractivity contribution in [3.8, 4) is 0 Å². The number of aromatic nitrogens is 1. The van der Waals surface area contributed by atoms with Crippen molar-refractivity contribution < 1.29 is 9.90 Å². The molecule has 0 aromatic carbocycles.